The number of primary amides is 1. The molecular weight excluding hydrogens is 852 g/mol. The second-order valence-electron chi connectivity index (χ2n) is 15.3. The fraction of sp³-hybridized carbons (Fsp3) is 0.629. The number of carbonyl (C=O) groups excluding carboxylic acids is 7. The summed E-state index contributed by atoms with van der Waals surface area (Å²) < 4.78 is 9.19. The van der Waals surface area contributed by atoms with Gasteiger partial charge in [-0.2, -0.15) is 0 Å². The van der Waals surface area contributed by atoms with Gasteiger partial charge in [-0.05, 0) is 31.0 Å². The standard InChI is InChI=1S/C35H52N8O18S/c1-13-11-43-28(29(13)51)33(55)38-10-16(45)7-18(36)30(52)39-25(14(2)44)34(56)42-12-17(46)8-19(42)31(53)40-26(32(54)41-27(35(43)57)22(49)9-24(37)50)21(48)5-15-3-4-20(47)23(6-15)59-62-61-60-58/h3-4,6,13-14,16-19,21-22,25-29,44-49,51,58H,5,7-12,36H2,1-2H3,(H2,37,50)(H,38,55)(H,39,52)(H,40,53)(H,41,54)/t13-,14+,16+,17+,18?,19-,21+,22+,25-,26-,27-,28-,29-/m0/s1. The molecule has 0 radical (unpaired) electrons. The number of phenols is 1. The highest BCUT2D eigenvalue weighted by Crippen LogP contribution is 2.31. The average Bonchev–Trinajstić information content (AvgIpc) is 3.74. The SMILES string of the molecule is C[C@@H](O)[C@@H]1NC(=O)C(N)C[C@@H](O)CNC(=O)[C@@H]2[C@@H](O)[C@@H](C)CN2C(=O)[C@H]([C@H](O)CC(N)=O)NC(=O)[C@H]([C@H](O)Cc2ccc(O)c(OSOOO)c2)NC(=O)[C@@H]2C[C@@H](O)CN2C1=O. The zero-order valence-corrected chi connectivity index (χ0v) is 34.1. The lowest BCUT2D eigenvalue weighted by atomic mass is 9.98. The first kappa shape index (κ1) is 49.7. The number of β-amino-alcohol motifs (C(OH)–C–C–N with tert-alkyl or cyclic N) is 1. The Morgan fingerprint density at radius 3 is 2.16 bits per heavy atom. The minimum absolute atomic E-state index is 0.0692. The van der Waals surface area contributed by atoms with Gasteiger partial charge in [-0.3, -0.25) is 33.6 Å². The lowest BCUT2D eigenvalue weighted by Gasteiger charge is -2.33. The normalized spacial score (nSPS) is 31.1. The Morgan fingerprint density at radius 2 is 1.52 bits per heavy atom. The summed E-state index contributed by atoms with van der Waals surface area (Å²) in [5, 5.41) is 96.9. The predicted octanol–water partition coefficient (Wildman–Crippen LogP) is -6.89. The molecule has 16 N–H and O–H groups in total. The van der Waals surface area contributed by atoms with Crippen LogP contribution in [0.15, 0.2) is 18.2 Å². The highest BCUT2D eigenvalue weighted by atomic mass is 32.2. The smallest absolute Gasteiger partial charge is 0.261 e. The molecule has 13 atom stereocenters. The van der Waals surface area contributed by atoms with Crippen LogP contribution in [0.4, 0.5) is 0 Å². The van der Waals surface area contributed by atoms with Crippen molar-refractivity contribution in [2.45, 2.75) is 112 Å². The molecule has 346 valence electrons. The summed E-state index contributed by atoms with van der Waals surface area (Å²) in [7, 11) is 0. The number of phenolic OH excluding ortho intramolecular Hbond substituents is 1. The maximum absolute atomic E-state index is 14.3. The highest BCUT2D eigenvalue weighted by Gasteiger charge is 2.49. The molecule has 62 heavy (non-hydrogen) atoms. The third-order valence-electron chi connectivity index (χ3n) is 10.5. The number of aromatic hydroxyl groups is 1. The highest BCUT2D eigenvalue weighted by molar-refractivity contribution is 7.90. The number of carbonyl (C=O) groups is 7. The summed E-state index contributed by atoms with van der Waals surface area (Å²) in [4.78, 5) is 96.9. The number of rotatable bonds is 11. The second kappa shape index (κ2) is 21.9. The molecule has 0 aromatic heterocycles. The first-order chi connectivity index (χ1) is 29.1. The molecule has 4 rings (SSSR count). The number of benzene rings is 1. The molecule has 3 saturated heterocycles. The van der Waals surface area contributed by atoms with Gasteiger partial charge in [-0.15, -0.1) is 0 Å². The molecule has 26 nitrogen and oxygen atoms in total. The van der Waals surface area contributed by atoms with Crippen molar-refractivity contribution in [3.8, 4) is 11.5 Å². The fourth-order valence-electron chi connectivity index (χ4n) is 7.32. The van der Waals surface area contributed by atoms with Gasteiger partial charge in [0, 0.05) is 38.4 Å². The summed E-state index contributed by atoms with van der Waals surface area (Å²) >= 11 is 0.0692. The largest absolute Gasteiger partial charge is 0.504 e. The molecule has 0 spiro atoms. The number of nitrogens with two attached hydrogens (primary N) is 2. The molecule has 3 aliphatic rings. The molecule has 0 saturated carbocycles. The van der Waals surface area contributed by atoms with Crippen LogP contribution in [-0.2, 0) is 49.4 Å². The second-order valence-corrected chi connectivity index (χ2v) is 15.8. The van der Waals surface area contributed by atoms with Crippen molar-refractivity contribution in [2.75, 3.05) is 19.6 Å². The number of hydrogen-bond donors (Lipinski definition) is 14. The molecule has 0 bridgehead atoms. The van der Waals surface area contributed by atoms with E-state index in [4.69, 9.17) is 20.9 Å². The van der Waals surface area contributed by atoms with E-state index in [9.17, 15) is 69.3 Å². The first-order valence-electron chi connectivity index (χ1n) is 19.2. The maximum Gasteiger partial charge on any atom is 0.261 e. The van der Waals surface area contributed by atoms with E-state index in [1.54, 1.807) is 0 Å². The van der Waals surface area contributed by atoms with Crippen LogP contribution in [0.2, 0.25) is 0 Å². The summed E-state index contributed by atoms with van der Waals surface area (Å²) in [6.45, 7) is 1.17. The number of nitrogens with zero attached hydrogens (tertiary/aromatic N) is 2. The van der Waals surface area contributed by atoms with Gasteiger partial charge < -0.3 is 82.5 Å². The molecule has 7 amide bonds. The monoisotopic (exact) mass is 904 g/mol. The minimum atomic E-state index is -2.15. The van der Waals surface area contributed by atoms with E-state index in [0.717, 1.165) is 28.9 Å². The van der Waals surface area contributed by atoms with Gasteiger partial charge in [-0.25, -0.2) is 5.26 Å². The van der Waals surface area contributed by atoms with Gasteiger partial charge in [0.2, 0.25) is 41.4 Å². The Kier molecular flexibility index (Phi) is 17.6. The number of fused-ring (bicyclic) bond motifs is 2. The molecule has 1 unspecified atom stereocenters. The van der Waals surface area contributed by atoms with Crippen molar-refractivity contribution in [3.05, 3.63) is 23.8 Å². The molecule has 1 aromatic carbocycles. The molecule has 3 fully saturated rings. The topological polar surface area (TPSA) is 416 Å². The van der Waals surface area contributed by atoms with Crippen molar-refractivity contribution in [3.63, 3.8) is 0 Å². The van der Waals surface area contributed by atoms with Crippen LogP contribution in [0.25, 0.3) is 0 Å². The van der Waals surface area contributed by atoms with Gasteiger partial charge in [0.25, 0.3) is 12.3 Å². The van der Waals surface area contributed by atoms with Gasteiger partial charge >= 0.3 is 0 Å². The summed E-state index contributed by atoms with van der Waals surface area (Å²) in [6, 6.07) is -7.43. The van der Waals surface area contributed by atoms with Crippen LogP contribution >= 0.6 is 12.3 Å². The van der Waals surface area contributed by atoms with E-state index in [-0.39, 0.29) is 30.2 Å². The molecule has 3 heterocycles. The van der Waals surface area contributed by atoms with Gasteiger partial charge in [-0.1, -0.05) is 22.4 Å². The van der Waals surface area contributed by atoms with Gasteiger partial charge in [0.1, 0.15) is 30.2 Å². The molecule has 3 aliphatic heterocycles. The third-order valence-corrected chi connectivity index (χ3v) is 10.9. The fourth-order valence-corrected chi connectivity index (χ4v) is 7.58. The number of aliphatic hydroxyl groups excluding tert-OH is 6. The summed E-state index contributed by atoms with van der Waals surface area (Å²) in [5.41, 5.74) is 11.4. The Balaban J connectivity index is 1.81. The predicted molar refractivity (Wildman–Crippen MR) is 207 cm³/mol. The lowest BCUT2D eigenvalue weighted by molar-refractivity contribution is -0.433. The average molecular weight is 905 g/mol. The molecule has 0 aliphatic carbocycles. The maximum atomic E-state index is 14.3. The van der Waals surface area contributed by atoms with E-state index in [0.29, 0.717) is 0 Å². The van der Waals surface area contributed by atoms with Crippen molar-refractivity contribution >= 4 is 53.7 Å². The molecule has 27 heteroatoms. The number of hydrogen-bond acceptors (Lipinski definition) is 20. The number of amides is 7. The first-order valence-corrected chi connectivity index (χ1v) is 19.9. The van der Waals surface area contributed by atoms with Gasteiger partial charge in [0.15, 0.2) is 11.5 Å². The van der Waals surface area contributed by atoms with E-state index in [2.05, 4.69) is 30.6 Å². The zero-order valence-electron chi connectivity index (χ0n) is 33.3. The van der Waals surface area contributed by atoms with Crippen LogP contribution in [0.3, 0.4) is 0 Å². The summed E-state index contributed by atoms with van der Waals surface area (Å²) in [5.74, 6) is -9.67. The van der Waals surface area contributed by atoms with E-state index in [1.807, 2.05) is 0 Å². The number of aliphatic hydroxyl groups is 6. The van der Waals surface area contributed by atoms with E-state index < -0.39 is 165 Å². The Hall–Kier alpha value is -4.94. The van der Waals surface area contributed by atoms with Crippen LogP contribution < -0.4 is 36.9 Å². The Morgan fingerprint density at radius 1 is 0.871 bits per heavy atom. The third kappa shape index (κ3) is 12.4. The van der Waals surface area contributed by atoms with Crippen molar-refractivity contribution in [1.29, 1.82) is 0 Å². The van der Waals surface area contributed by atoms with Crippen LogP contribution in [0, 0.1) is 5.92 Å². The quantitative estimate of drug-likeness (QED) is 0.0425. The lowest BCUT2D eigenvalue weighted by Crippen LogP contribution is -2.64. The van der Waals surface area contributed by atoms with Crippen molar-refractivity contribution in [1.82, 2.24) is 31.1 Å². The van der Waals surface area contributed by atoms with Gasteiger partial charge in [0.05, 0.1) is 49.1 Å². The van der Waals surface area contributed by atoms with Crippen molar-refractivity contribution < 1.29 is 88.1 Å². The Bertz CT molecular complexity index is 1810. The van der Waals surface area contributed by atoms with E-state index in [1.165, 1.54) is 13.0 Å². The Labute approximate surface area is 357 Å². The molecular formula is C35H52N8O18S. The van der Waals surface area contributed by atoms with Crippen LogP contribution in [0.1, 0.15) is 38.7 Å². The summed E-state index contributed by atoms with van der Waals surface area (Å²) in [6.07, 6.45) is -12.7. The van der Waals surface area contributed by atoms with E-state index >= 15 is 0 Å². The zero-order chi connectivity index (χ0) is 46.2. The minimum Gasteiger partial charge on any atom is -0.504 e. The number of nitrogens with one attached hydrogen (secondary N) is 4. The van der Waals surface area contributed by atoms with Crippen LogP contribution in [0.5, 0.6) is 11.5 Å². The molecule has 1 aromatic rings. The van der Waals surface area contributed by atoms with Crippen molar-refractivity contribution in [2.24, 2.45) is 17.4 Å². The van der Waals surface area contributed by atoms with Crippen LogP contribution in [-0.4, -0.2) is 185 Å².